The molecule has 4 nitrogen and oxygen atoms in total. The number of likely N-dealkylation sites (tertiary alicyclic amines) is 1. The number of hydrogen-bond acceptors (Lipinski definition) is 3. The largest absolute Gasteiger partial charge is 0.445 e. The molecule has 0 spiro atoms. The maximum absolute atomic E-state index is 11.3. The summed E-state index contributed by atoms with van der Waals surface area (Å²) in [4.78, 5) is 13.0. The molecule has 1 fully saturated rings. The van der Waals surface area contributed by atoms with Crippen molar-refractivity contribution in [2.75, 3.05) is 26.3 Å². The molecule has 1 aliphatic heterocycles. The summed E-state index contributed by atoms with van der Waals surface area (Å²) in [6, 6.07) is 0. The average molecular weight is 199 g/mol. The summed E-state index contributed by atoms with van der Waals surface area (Å²) in [5, 5.41) is 8.91. The first kappa shape index (κ1) is 11.0. The van der Waals surface area contributed by atoms with E-state index in [1.807, 2.05) is 0 Å². The number of hydrogen-bond donors (Lipinski definition) is 1. The van der Waals surface area contributed by atoms with Gasteiger partial charge in [0.05, 0.1) is 0 Å². The van der Waals surface area contributed by atoms with Gasteiger partial charge < -0.3 is 14.7 Å². The van der Waals surface area contributed by atoms with E-state index >= 15 is 0 Å². The topological polar surface area (TPSA) is 49.8 Å². The fourth-order valence-corrected chi connectivity index (χ4v) is 1.52. The lowest BCUT2D eigenvalue weighted by Crippen LogP contribution is -2.39. The van der Waals surface area contributed by atoms with Crippen molar-refractivity contribution in [3.05, 3.63) is 12.7 Å². The van der Waals surface area contributed by atoms with Gasteiger partial charge in [0, 0.05) is 19.7 Å². The van der Waals surface area contributed by atoms with E-state index in [9.17, 15) is 4.79 Å². The van der Waals surface area contributed by atoms with Crippen LogP contribution in [0.25, 0.3) is 0 Å². The van der Waals surface area contributed by atoms with Gasteiger partial charge in [0.25, 0.3) is 0 Å². The van der Waals surface area contributed by atoms with Crippen molar-refractivity contribution in [3.8, 4) is 0 Å². The number of carbonyl (C=O) groups excluding carboxylic acids is 1. The molecule has 4 heteroatoms. The van der Waals surface area contributed by atoms with Crippen molar-refractivity contribution in [1.29, 1.82) is 0 Å². The SMILES string of the molecule is C=CCOC(=O)N1CCC(CO)CC1. The molecule has 0 aromatic rings. The van der Waals surface area contributed by atoms with Gasteiger partial charge in [-0.2, -0.15) is 0 Å². The van der Waals surface area contributed by atoms with Crippen LogP contribution in [0.1, 0.15) is 12.8 Å². The molecule has 80 valence electrons. The Labute approximate surface area is 84.2 Å². The van der Waals surface area contributed by atoms with E-state index in [1.165, 1.54) is 0 Å². The van der Waals surface area contributed by atoms with Gasteiger partial charge in [0.2, 0.25) is 0 Å². The van der Waals surface area contributed by atoms with Gasteiger partial charge in [0.15, 0.2) is 0 Å². The number of ether oxygens (including phenoxy) is 1. The molecular formula is C10H17NO3. The molecule has 0 aromatic carbocycles. The zero-order valence-corrected chi connectivity index (χ0v) is 8.32. The Balaban J connectivity index is 2.26. The van der Waals surface area contributed by atoms with Crippen LogP contribution in [0.5, 0.6) is 0 Å². The van der Waals surface area contributed by atoms with Crippen LogP contribution in [-0.4, -0.2) is 42.4 Å². The molecule has 1 N–H and O–H groups in total. The molecule has 0 atom stereocenters. The van der Waals surface area contributed by atoms with Crippen LogP contribution in [0.4, 0.5) is 4.79 Å². The molecular weight excluding hydrogens is 182 g/mol. The molecule has 1 rings (SSSR count). The van der Waals surface area contributed by atoms with Crippen molar-refractivity contribution in [3.63, 3.8) is 0 Å². The highest BCUT2D eigenvalue weighted by atomic mass is 16.6. The first-order valence-electron chi connectivity index (χ1n) is 4.91. The molecule has 0 aliphatic carbocycles. The maximum atomic E-state index is 11.3. The highest BCUT2D eigenvalue weighted by Gasteiger charge is 2.22. The van der Waals surface area contributed by atoms with Crippen molar-refractivity contribution < 1.29 is 14.6 Å². The third kappa shape index (κ3) is 3.03. The van der Waals surface area contributed by atoms with E-state index in [1.54, 1.807) is 11.0 Å². The molecule has 1 saturated heterocycles. The quantitative estimate of drug-likeness (QED) is 0.690. The van der Waals surface area contributed by atoms with E-state index in [-0.39, 0.29) is 19.3 Å². The molecule has 14 heavy (non-hydrogen) atoms. The highest BCUT2D eigenvalue weighted by Crippen LogP contribution is 2.16. The average Bonchev–Trinajstić information content (AvgIpc) is 2.26. The van der Waals surface area contributed by atoms with Gasteiger partial charge in [-0.25, -0.2) is 4.79 Å². The normalized spacial score (nSPS) is 17.9. The van der Waals surface area contributed by atoms with Crippen LogP contribution in [0.3, 0.4) is 0 Å². The maximum Gasteiger partial charge on any atom is 0.410 e. The van der Waals surface area contributed by atoms with E-state index in [0.717, 1.165) is 12.8 Å². The monoisotopic (exact) mass is 199 g/mol. The Bertz CT molecular complexity index is 198. The smallest absolute Gasteiger partial charge is 0.410 e. The minimum absolute atomic E-state index is 0.218. The number of amides is 1. The Morgan fingerprint density at radius 3 is 2.71 bits per heavy atom. The zero-order valence-electron chi connectivity index (χ0n) is 8.32. The lowest BCUT2D eigenvalue weighted by molar-refractivity contribution is 0.0857. The summed E-state index contributed by atoms with van der Waals surface area (Å²) in [7, 11) is 0. The predicted octanol–water partition coefficient (Wildman–Crippen LogP) is 1.01. The molecule has 0 aromatic heterocycles. The highest BCUT2D eigenvalue weighted by molar-refractivity contribution is 5.67. The van der Waals surface area contributed by atoms with E-state index in [2.05, 4.69) is 6.58 Å². The Kier molecular flexibility index (Phi) is 4.46. The van der Waals surface area contributed by atoms with E-state index in [4.69, 9.17) is 9.84 Å². The van der Waals surface area contributed by atoms with E-state index in [0.29, 0.717) is 19.0 Å². The van der Waals surface area contributed by atoms with Gasteiger partial charge in [-0.05, 0) is 18.8 Å². The van der Waals surface area contributed by atoms with Crippen LogP contribution in [0, 0.1) is 5.92 Å². The van der Waals surface area contributed by atoms with Crippen molar-refractivity contribution in [2.45, 2.75) is 12.8 Å². The fraction of sp³-hybridized carbons (Fsp3) is 0.700. The Hall–Kier alpha value is -1.03. The summed E-state index contributed by atoms with van der Waals surface area (Å²) in [5.74, 6) is 0.346. The third-order valence-electron chi connectivity index (χ3n) is 2.46. The van der Waals surface area contributed by atoms with Crippen molar-refractivity contribution in [2.24, 2.45) is 5.92 Å². The lowest BCUT2D eigenvalue weighted by Gasteiger charge is -2.30. The summed E-state index contributed by atoms with van der Waals surface area (Å²) >= 11 is 0. The van der Waals surface area contributed by atoms with E-state index < -0.39 is 0 Å². The molecule has 0 bridgehead atoms. The zero-order chi connectivity index (χ0) is 10.4. The third-order valence-corrected chi connectivity index (χ3v) is 2.46. The molecule has 1 aliphatic rings. The van der Waals surface area contributed by atoms with Crippen molar-refractivity contribution >= 4 is 6.09 Å². The minimum atomic E-state index is -0.277. The summed E-state index contributed by atoms with van der Waals surface area (Å²) in [5.41, 5.74) is 0. The number of rotatable bonds is 3. The van der Waals surface area contributed by atoms with Crippen LogP contribution < -0.4 is 0 Å². The van der Waals surface area contributed by atoms with Crippen LogP contribution in [-0.2, 0) is 4.74 Å². The Morgan fingerprint density at radius 1 is 1.57 bits per heavy atom. The fourth-order valence-electron chi connectivity index (χ4n) is 1.52. The van der Waals surface area contributed by atoms with Crippen LogP contribution in [0.2, 0.25) is 0 Å². The number of aliphatic hydroxyl groups excluding tert-OH is 1. The Morgan fingerprint density at radius 2 is 2.21 bits per heavy atom. The molecule has 1 amide bonds. The first-order valence-corrected chi connectivity index (χ1v) is 4.91. The van der Waals surface area contributed by atoms with Gasteiger partial charge in [-0.15, -0.1) is 0 Å². The van der Waals surface area contributed by atoms with Gasteiger partial charge in [0.1, 0.15) is 6.61 Å². The van der Waals surface area contributed by atoms with Gasteiger partial charge in [-0.3, -0.25) is 0 Å². The van der Waals surface area contributed by atoms with Crippen LogP contribution >= 0.6 is 0 Å². The minimum Gasteiger partial charge on any atom is -0.445 e. The van der Waals surface area contributed by atoms with Crippen molar-refractivity contribution in [1.82, 2.24) is 4.90 Å². The number of piperidine rings is 1. The molecule has 0 unspecified atom stereocenters. The predicted molar refractivity (Wildman–Crippen MR) is 52.9 cm³/mol. The first-order chi connectivity index (χ1) is 6.77. The summed E-state index contributed by atoms with van der Waals surface area (Å²) in [6.45, 7) is 5.32. The second kappa shape index (κ2) is 5.65. The second-order valence-corrected chi connectivity index (χ2v) is 3.48. The number of nitrogens with zero attached hydrogens (tertiary/aromatic N) is 1. The van der Waals surface area contributed by atoms with Gasteiger partial charge >= 0.3 is 6.09 Å². The molecule has 0 saturated carbocycles. The molecule has 1 heterocycles. The molecule has 0 radical (unpaired) electrons. The number of aliphatic hydroxyl groups is 1. The standard InChI is InChI=1S/C10H17NO3/c1-2-7-14-10(13)11-5-3-9(8-12)4-6-11/h2,9,12H,1,3-8H2. The summed E-state index contributed by atoms with van der Waals surface area (Å²) < 4.78 is 4.91. The second-order valence-electron chi connectivity index (χ2n) is 3.48. The number of carbonyl (C=O) groups is 1. The van der Waals surface area contributed by atoms with Crippen LogP contribution in [0.15, 0.2) is 12.7 Å². The summed E-state index contributed by atoms with van der Waals surface area (Å²) in [6.07, 6.45) is 3.00. The lowest BCUT2D eigenvalue weighted by atomic mass is 9.98. The van der Waals surface area contributed by atoms with Gasteiger partial charge in [-0.1, -0.05) is 12.7 Å².